The Bertz CT molecular complexity index is 466. The molecule has 0 fully saturated rings. The number of esters is 1. The van der Waals surface area contributed by atoms with Crippen molar-refractivity contribution in [2.75, 3.05) is 14.2 Å². The summed E-state index contributed by atoms with van der Waals surface area (Å²) >= 11 is 0. The van der Waals surface area contributed by atoms with E-state index in [0.717, 1.165) is 31.4 Å². The van der Waals surface area contributed by atoms with Crippen LogP contribution in [0.5, 0.6) is 5.75 Å². The second-order valence-electron chi connectivity index (χ2n) is 5.37. The third-order valence-electron chi connectivity index (χ3n) is 4.11. The van der Waals surface area contributed by atoms with Crippen LogP contribution < -0.4 is 4.74 Å². The minimum atomic E-state index is -0.109. The van der Waals surface area contributed by atoms with E-state index in [1.807, 2.05) is 0 Å². The summed E-state index contributed by atoms with van der Waals surface area (Å²) in [5.41, 5.74) is 4.34. The highest BCUT2D eigenvalue weighted by atomic mass is 16.5. The van der Waals surface area contributed by atoms with E-state index in [2.05, 4.69) is 16.9 Å². The number of fused-ring (bicyclic) bond motifs is 1. The van der Waals surface area contributed by atoms with Crippen molar-refractivity contribution in [3.8, 4) is 5.75 Å². The highest BCUT2D eigenvalue weighted by Crippen LogP contribution is 2.32. The first-order valence-corrected chi connectivity index (χ1v) is 7.50. The minimum Gasteiger partial charge on any atom is -0.496 e. The van der Waals surface area contributed by atoms with Crippen LogP contribution >= 0.6 is 0 Å². The first kappa shape index (κ1) is 14.9. The zero-order chi connectivity index (χ0) is 14.4. The monoisotopic (exact) mass is 276 g/mol. The predicted molar refractivity (Wildman–Crippen MR) is 79.2 cm³/mol. The molecule has 0 aliphatic heterocycles. The summed E-state index contributed by atoms with van der Waals surface area (Å²) in [5, 5.41) is 0. The molecule has 0 saturated carbocycles. The van der Waals surface area contributed by atoms with Crippen LogP contribution in [0.1, 0.15) is 48.8 Å². The first-order valence-electron chi connectivity index (χ1n) is 7.50. The van der Waals surface area contributed by atoms with E-state index in [1.165, 1.54) is 43.1 Å². The third-order valence-corrected chi connectivity index (χ3v) is 4.11. The standard InChI is InChI=1S/C17H24O3/c1-19-16-12-11-13(7-3-6-10-17(18)20-2)14-8-4-5-9-15(14)16/h11-12H,3-10H2,1-2H3. The van der Waals surface area contributed by atoms with Gasteiger partial charge in [-0.1, -0.05) is 6.07 Å². The Hall–Kier alpha value is -1.51. The summed E-state index contributed by atoms with van der Waals surface area (Å²) in [4.78, 5) is 11.1. The van der Waals surface area contributed by atoms with E-state index < -0.39 is 0 Å². The largest absolute Gasteiger partial charge is 0.496 e. The molecule has 0 unspecified atom stereocenters. The lowest BCUT2D eigenvalue weighted by Gasteiger charge is -2.22. The molecular formula is C17H24O3. The lowest BCUT2D eigenvalue weighted by atomic mass is 9.86. The zero-order valence-corrected chi connectivity index (χ0v) is 12.5. The number of rotatable bonds is 6. The van der Waals surface area contributed by atoms with Crippen LogP contribution in [0.25, 0.3) is 0 Å². The summed E-state index contributed by atoms with van der Waals surface area (Å²) in [5.74, 6) is 0.930. The lowest BCUT2D eigenvalue weighted by Crippen LogP contribution is -2.09. The molecule has 0 saturated heterocycles. The molecule has 1 aromatic rings. The Balaban J connectivity index is 1.99. The number of aryl methyl sites for hydroxylation is 1. The topological polar surface area (TPSA) is 35.5 Å². The Labute approximate surface area is 121 Å². The van der Waals surface area contributed by atoms with Crippen LogP contribution in [-0.2, 0) is 28.8 Å². The minimum absolute atomic E-state index is 0.109. The van der Waals surface area contributed by atoms with Crippen molar-refractivity contribution < 1.29 is 14.3 Å². The second-order valence-corrected chi connectivity index (χ2v) is 5.37. The van der Waals surface area contributed by atoms with Crippen LogP contribution in [0.15, 0.2) is 12.1 Å². The molecule has 3 heteroatoms. The van der Waals surface area contributed by atoms with Gasteiger partial charge in [0, 0.05) is 6.42 Å². The molecule has 1 aliphatic rings. The van der Waals surface area contributed by atoms with Crippen LogP contribution in [0.4, 0.5) is 0 Å². The fourth-order valence-electron chi connectivity index (χ4n) is 3.02. The van der Waals surface area contributed by atoms with Crippen molar-refractivity contribution in [2.24, 2.45) is 0 Å². The molecule has 3 nitrogen and oxygen atoms in total. The van der Waals surface area contributed by atoms with Crippen molar-refractivity contribution in [1.82, 2.24) is 0 Å². The van der Waals surface area contributed by atoms with Crippen LogP contribution in [0.3, 0.4) is 0 Å². The maximum atomic E-state index is 11.1. The molecule has 110 valence electrons. The van der Waals surface area contributed by atoms with E-state index in [4.69, 9.17) is 4.74 Å². The van der Waals surface area contributed by atoms with Crippen LogP contribution in [0, 0.1) is 0 Å². The van der Waals surface area contributed by atoms with E-state index >= 15 is 0 Å². The molecule has 20 heavy (non-hydrogen) atoms. The quantitative estimate of drug-likeness (QED) is 0.589. The van der Waals surface area contributed by atoms with E-state index in [9.17, 15) is 4.79 Å². The fraction of sp³-hybridized carbons (Fsp3) is 0.588. The SMILES string of the molecule is COC(=O)CCCCc1ccc(OC)c2c1CCCC2. The summed E-state index contributed by atoms with van der Waals surface area (Å²) in [7, 11) is 3.20. The summed E-state index contributed by atoms with van der Waals surface area (Å²) in [6, 6.07) is 4.29. The molecule has 0 spiro atoms. The van der Waals surface area contributed by atoms with Gasteiger partial charge in [0.05, 0.1) is 14.2 Å². The molecule has 1 aliphatic carbocycles. The number of hydrogen-bond donors (Lipinski definition) is 0. The number of carbonyl (C=O) groups excluding carboxylic acids is 1. The van der Waals surface area contributed by atoms with Gasteiger partial charge in [-0.3, -0.25) is 4.79 Å². The number of methoxy groups -OCH3 is 2. The number of benzene rings is 1. The molecule has 0 N–H and O–H groups in total. The van der Waals surface area contributed by atoms with Crippen molar-refractivity contribution in [3.63, 3.8) is 0 Å². The highest BCUT2D eigenvalue weighted by Gasteiger charge is 2.17. The van der Waals surface area contributed by atoms with Crippen LogP contribution in [-0.4, -0.2) is 20.2 Å². The van der Waals surface area contributed by atoms with E-state index in [0.29, 0.717) is 6.42 Å². The van der Waals surface area contributed by atoms with Gasteiger partial charge in [0.25, 0.3) is 0 Å². The summed E-state index contributed by atoms with van der Waals surface area (Å²) in [6.45, 7) is 0. The normalized spacial score (nSPS) is 13.7. The zero-order valence-electron chi connectivity index (χ0n) is 12.5. The maximum absolute atomic E-state index is 11.1. The number of hydrogen-bond acceptors (Lipinski definition) is 3. The second kappa shape index (κ2) is 7.32. The maximum Gasteiger partial charge on any atom is 0.305 e. The molecule has 0 atom stereocenters. The van der Waals surface area contributed by atoms with Gasteiger partial charge in [-0.15, -0.1) is 0 Å². The molecule has 0 amide bonds. The van der Waals surface area contributed by atoms with Crippen molar-refractivity contribution in [3.05, 3.63) is 28.8 Å². The summed E-state index contributed by atoms with van der Waals surface area (Å²) < 4.78 is 10.1. The van der Waals surface area contributed by atoms with Crippen molar-refractivity contribution >= 4 is 5.97 Å². The van der Waals surface area contributed by atoms with Gasteiger partial charge in [-0.2, -0.15) is 0 Å². The number of unbranched alkanes of at least 4 members (excludes halogenated alkanes) is 1. The lowest BCUT2D eigenvalue weighted by molar-refractivity contribution is -0.140. The number of ether oxygens (including phenoxy) is 2. The van der Waals surface area contributed by atoms with Crippen molar-refractivity contribution in [2.45, 2.75) is 51.4 Å². The molecule has 0 aromatic heterocycles. The van der Waals surface area contributed by atoms with Gasteiger partial charge >= 0.3 is 5.97 Å². The first-order chi connectivity index (χ1) is 9.76. The van der Waals surface area contributed by atoms with Gasteiger partial charge in [0.15, 0.2) is 0 Å². The van der Waals surface area contributed by atoms with Crippen molar-refractivity contribution in [1.29, 1.82) is 0 Å². The van der Waals surface area contributed by atoms with Crippen LogP contribution in [0.2, 0.25) is 0 Å². The average Bonchev–Trinajstić information content (AvgIpc) is 2.51. The van der Waals surface area contributed by atoms with Gasteiger partial charge in [0.1, 0.15) is 5.75 Å². The molecule has 0 bridgehead atoms. The Morgan fingerprint density at radius 3 is 2.55 bits per heavy atom. The molecule has 1 aromatic carbocycles. The van der Waals surface area contributed by atoms with Gasteiger partial charge in [0.2, 0.25) is 0 Å². The van der Waals surface area contributed by atoms with E-state index in [-0.39, 0.29) is 5.97 Å². The Kier molecular flexibility index (Phi) is 5.45. The third kappa shape index (κ3) is 3.53. The predicted octanol–water partition coefficient (Wildman–Crippen LogP) is 3.46. The average molecular weight is 276 g/mol. The molecule has 0 radical (unpaired) electrons. The highest BCUT2D eigenvalue weighted by molar-refractivity contribution is 5.69. The molecular weight excluding hydrogens is 252 g/mol. The van der Waals surface area contributed by atoms with E-state index in [1.54, 1.807) is 7.11 Å². The summed E-state index contributed by atoms with van der Waals surface area (Å²) in [6.07, 6.45) is 8.33. The number of carbonyl (C=O) groups is 1. The molecule has 2 rings (SSSR count). The fourth-order valence-corrected chi connectivity index (χ4v) is 3.02. The van der Waals surface area contributed by atoms with Gasteiger partial charge < -0.3 is 9.47 Å². The Morgan fingerprint density at radius 2 is 1.85 bits per heavy atom. The Morgan fingerprint density at radius 1 is 1.10 bits per heavy atom. The smallest absolute Gasteiger partial charge is 0.305 e. The van der Waals surface area contributed by atoms with Gasteiger partial charge in [-0.25, -0.2) is 0 Å². The van der Waals surface area contributed by atoms with Gasteiger partial charge in [-0.05, 0) is 67.7 Å². The molecule has 0 heterocycles.